The molecule has 0 bridgehead atoms. The Morgan fingerprint density at radius 2 is 2.24 bits per heavy atom. The number of nitrogens with one attached hydrogen (secondary N) is 2. The summed E-state index contributed by atoms with van der Waals surface area (Å²) < 4.78 is 0. The molecule has 4 nitrogen and oxygen atoms in total. The Labute approximate surface area is 99.2 Å². The topological polar surface area (TPSA) is 70.9 Å². The molecule has 0 aliphatic heterocycles. The largest absolute Gasteiger partial charge is 0.351 e. The number of hydrogen-bond acceptors (Lipinski definition) is 2. The number of aromatic nitrogens is 1. The normalized spacial score (nSPS) is 22.7. The number of carbonyl (C=O) groups excluding carboxylic acids is 1. The van der Waals surface area contributed by atoms with Gasteiger partial charge in [-0.3, -0.25) is 4.79 Å². The summed E-state index contributed by atoms with van der Waals surface area (Å²) in [6.07, 6.45) is 0.880. The van der Waals surface area contributed by atoms with Crippen molar-refractivity contribution in [2.75, 3.05) is 0 Å². The number of hydrogen-bond donors (Lipinski definition) is 3. The highest BCUT2D eigenvalue weighted by Gasteiger charge is 2.35. The van der Waals surface area contributed by atoms with Crippen LogP contribution in [0, 0.1) is 6.92 Å². The second-order valence-electron chi connectivity index (χ2n) is 4.75. The Hall–Kier alpha value is -1.81. The van der Waals surface area contributed by atoms with Crippen LogP contribution in [0.4, 0.5) is 0 Å². The van der Waals surface area contributed by atoms with Crippen LogP contribution in [0.3, 0.4) is 0 Å². The fourth-order valence-corrected chi connectivity index (χ4v) is 2.00. The van der Waals surface area contributed by atoms with Crippen LogP contribution in [-0.4, -0.2) is 23.0 Å². The van der Waals surface area contributed by atoms with E-state index in [1.54, 1.807) is 0 Å². The van der Waals surface area contributed by atoms with E-state index >= 15 is 0 Å². The van der Waals surface area contributed by atoms with Crippen molar-refractivity contribution in [1.29, 1.82) is 0 Å². The van der Waals surface area contributed by atoms with Gasteiger partial charge >= 0.3 is 0 Å². The highest BCUT2D eigenvalue weighted by atomic mass is 16.2. The van der Waals surface area contributed by atoms with E-state index in [4.69, 9.17) is 5.73 Å². The number of carbonyl (C=O) groups is 1. The molecule has 1 aliphatic rings. The molecular formula is C13H15N3O. The molecule has 2 aromatic rings. The van der Waals surface area contributed by atoms with E-state index < -0.39 is 0 Å². The number of aromatic amines is 1. The second kappa shape index (κ2) is 3.60. The highest BCUT2D eigenvalue weighted by Crippen LogP contribution is 2.20. The van der Waals surface area contributed by atoms with Gasteiger partial charge in [0.1, 0.15) is 5.69 Å². The first-order valence-corrected chi connectivity index (χ1v) is 5.79. The minimum Gasteiger partial charge on any atom is -0.351 e. The molecule has 2 atom stereocenters. The summed E-state index contributed by atoms with van der Waals surface area (Å²) in [6, 6.07) is 8.24. The lowest BCUT2D eigenvalue weighted by molar-refractivity contribution is 0.0946. The van der Waals surface area contributed by atoms with Gasteiger partial charge in [-0.25, -0.2) is 0 Å². The van der Waals surface area contributed by atoms with Gasteiger partial charge in [0.2, 0.25) is 0 Å². The smallest absolute Gasteiger partial charge is 0.268 e. The van der Waals surface area contributed by atoms with Gasteiger partial charge < -0.3 is 16.0 Å². The van der Waals surface area contributed by atoms with Gasteiger partial charge in [0.15, 0.2) is 0 Å². The Bertz CT molecular complexity index is 587. The number of amides is 1. The molecule has 1 heterocycles. The van der Waals surface area contributed by atoms with Crippen molar-refractivity contribution in [3.05, 3.63) is 35.5 Å². The zero-order valence-electron chi connectivity index (χ0n) is 9.66. The summed E-state index contributed by atoms with van der Waals surface area (Å²) >= 11 is 0. The lowest BCUT2D eigenvalue weighted by Crippen LogP contribution is -2.29. The van der Waals surface area contributed by atoms with E-state index in [9.17, 15) is 4.79 Å². The number of aryl methyl sites for hydroxylation is 1. The molecule has 1 aliphatic carbocycles. The lowest BCUT2D eigenvalue weighted by atomic mass is 10.2. The third-order valence-corrected chi connectivity index (χ3v) is 3.18. The maximum Gasteiger partial charge on any atom is 0.268 e. The molecule has 0 unspecified atom stereocenters. The van der Waals surface area contributed by atoms with Gasteiger partial charge in [-0.2, -0.15) is 0 Å². The quantitative estimate of drug-likeness (QED) is 0.726. The van der Waals surface area contributed by atoms with Crippen LogP contribution >= 0.6 is 0 Å². The van der Waals surface area contributed by atoms with Crippen molar-refractivity contribution in [3.63, 3.8) is 0 Å². The van der Waals surface area contributed by atoms with Gasteiger partial charge in [-0.05, 0) is 31.5 Å². The van der Waals surface area contributed by atoms with Crippen LogP contribution in [0.15, 0.2) is 24.3 Å². The SMILES string of the molecule is Cc1ccc2[nH]c(C(=O)N[C@@H]3C[C@@H]3N)cc2c1. The maximum absolute atomic E-state index is 11.9. The summed E-state index contributed by atoms with van der Waals surface area (Å²) in [4.78, 5) is 15.0. The molecule has 0 saturated heterocycles. The summed E-state index contributed by atoms with van der Waals surface area (Å²) in [5.41, 5.74) is 8.44. The Morgan fingerprint density at radius 3 is 2.94 bits per heavy atom. The van der Waals surface area contributed by atoms with E-state index in [0.717, 1.165) is 17.3 Å². The molecule has 1 fully saturated rings. The van der Waals surface area contributed by atoms with Crippen LogP contribution in [-0.2, 0) is 0 Å². The predicted octanol–water partition coefficient (Wildman–Crippen LogP) is 1.31. The van der Waals surface area contributed by atoms with Crippen molar-refractivity contribution < 1.29 is 4.79 Å². The Balaban J connectivity index is 1.87. The molecule has 4 heteroatoms. The van der Waals surface area contributed by atoms with Gasteiger partial charge in [-0.15, -0.1) is 0 Å². The van der Waals surface area contributed by atoms with E-state index in [-0.39, 0.29) is 18.0 Å². The fraction of sp³-hybridized carbons (Fsp3) is 0.308. The first-order valence-electron chi connectivity index (χ1n) is 5.79. The average molecular weight is 229 g/mol. The first-order chi connectivity index (χ1) is 8.13. The summed E-state index contributed by atoms with van der Waals surface area (Å²) in [5.74, 6) is -0.0724. The van der Waals surface area contributed by atoms with Crippen molar-refractivity contribution in [1.82, 2.24) is 10.3 Å². The number of nitrogens with two attached hydrogens (primary N) is 1. The molecular weight excluding hydrogens is 214 g/mol. The van der Waals surface area contributed by atoms with Crippen LogP contribution < -0.4 is 11.1 Å². The van der Waals surface area contributed by atoms with Gasteiger partial charge in [0.05, 0.1) is 0 Å². The number of H-pyrrole nitrogens is 1. The zero-order valence-corrected chi connectivity index (χ0v) is 9.66. The molecule has 1 aromatic heterocycles. The van der Waals surface area contributed by atoms with Crippen LogP contribution in [0.2, 0.25) is 0 Å². The number of benzene rings is 1. The van der Waals surface area contributed by atoms with Crippen LogP contribution in [0.25, 0.3) is 10.9 Å². The summed E-state index contributed by atoms with van der Waals surface area (Å²) in [5, 5.41) is 3.97. The Kier molecular flexibility index (Phi) is 2.19. The lowest BCUT2D eigenvalue weighted by Gasteiger charge is -2.00. The van der Waals surface area contributed by atoms with Gasteiger partial charge in [-0.1, -0.05) is 11.6 Å². The van der Waals surface area contributed by atoms with Crippen molar-refractivity contribution >= 4 is 16.8 Å². The molecule has 17 heavy (non-hydrogen) atoms. The monoisotopic (exact) mass is 229 g/mol. The third kappa shape index (κ3) is 1.91. The molecule has 3 rings (SSSR count). The van der Waals surface area contributed by atoms with Gasteiger partial charge in [0, 0.05) is 23.0 Å². The zero-order chi connectivity index (χ0) is 12.0. The predicted molar refractivity (Wildman–Crippen MR) is 66.9 cm³/mol. The maximum atomic E-state index is 11.9. The second-order valence-corrected chi connectivity index (χ2v) is 4.75. The summed E-state index contributed by atoms with van der Waals surface area (Å²) in [6.45, 7) is 2.04. The standard InChI is InChI=1S/C13H15N3O/c1-7-2-3-10-8(4-7)5-12(15-10)13(17)16-11-6-9(11)14/h2-5,9,11,15H,6,14H2,1H3,(H,16,17)/t9-,11+/m0/s1. The average Bonchev–Trinajstić information content (AvgIpc) is 2.81. The summed E-state index contributed by atoms with van der Waals surface area (Å²) in [7, 11) is 0. The molecule has 1 amide bonds. The minimum absolute atomic E-state index is 0.0724. The van der Waals surface area contributed by atoms with Crippen molar-refractivity contribution in [2.45, 2.75) is 25.4 Å². The van der Waals surface area contributed by atoms with E-state index in [1.807, 2.05) is 25.1 Å². The van der Waals surface area contributed by atoms with E-state index in [0.29, 0.717) is 5.69 Å². The van der Waals surface area contributed by atoms with Crippen molar-refractivity contribution in [3.8, 4) is 0 Å². The fourth-order valence-electron chi connectivity index (χ4n) is 2.00. The first kappa shape index (κ1) is 10.4. The van der Waals surface area contributed by atoms with Gasteiger partial charge in [0.25, 0.3) is 5.91 Å². The van der Waals surface area contributed by atoms with E-state index in [2.05, 4.69) is 16.4 Å². The molecule has 88 valence electrons. The van der Waals surface area contributed by atoms with Crippen LogP contribution in [0.5, 0.6) is 0 Å². The minimum atomic E-state index is -0.0724. The Morgan fingerprint density at radius 1 is 1.47 bits per heavy atom. The highest BCUT2D eigenvalue weighted by molar-refractivity contribution is 5.98. The molecule has 4 N–H and O–H groups in total. The molecule has 1 saturated carbocycles. The van der Waals surface area contributed by atoms with Crippen molar-refractivity contribution in [2.24, 2.45) is 5.73 Å². The number of rotatable bonds is 2. The third-order valence-electron chi connectivity index (χ3n) is 3.18. The number of fused-ring (bicyclic) bond motifs is 1. The van der Waals surface area contributed by atoms with Crippen LogP contribution in [0.1, 0.15) is 22.5 Å². The molecule has 0 spiro atoms. The van der Waals surface area contributed by atoms with E-state index in [1.165, 1.54) is 5.56 Å². The molecule has 1 aromatic carbocycles. The molecule has 0 radical (unpaired) electrons.